The predicted octanol–water partition coefficient (Wildman–Crippen LogP) is 1.42. The molecule has 0 unspecified atom stereocenters. The van der Waals surface area contributed by atoms with Gasteiger partial charge in [-0.05, 0) is 18.6 Å². The van der Waals surface area contributed by atoms with E-state index in [0.717, 1.165) is 6.42 Å². The highest BCUT2D eigenvalue weighted by Crippen LogP contribution is 2.23. The molecule has 0 bridgehead atoms. The van der Waals surface area contributed by atoms with Gasteiger partial charge in [-0.3, -0.25) is 4.79 Å². The van der Waals surface area contributed by atoms with Crippen LogP contribution in [0.4, 0.5) is 5.69 Å². The number of methoxy groups -OCH3 is 1. The van der Waals surface area contributed by atoms with Crippen molar-refractivity contribution in [2.75, 3.05) is 19.4 Å². The number of amides is 1. The number of carbonyl (C=O) groups excluding carboxylic acids is 1. The zero-order valence-corrected chi connectivity index (χ0v) is 9.04. The average Bonchev–Trinajstić information content (AvgIpc) is 2.25. The number of benzene rings is 1. The Hall–Kier alpha value is -1.71. The van der Waals surface area contributed by atoms with Crippen LogP contribution in [0.25, 0.3) is 0 Å². The van der Waals surface area contributed by atoms with Crippen molar-refractivity contribution in [1.29, 1.82) is 0 Å². The van der Waals surface area contributed by atoms with Crippen molar-refractivity contribution in [3.05, 3.63) is 23.8 Å². The van der Waals surface area contributed by atoms with Crippen LogP contribution in [0.2, 0.25) is 0 Å². The van der Waals surface area contributed by atoms with E-state index in [-0.39, 0.29) is 5.91 Å². The van der Waals surface area contributed by atoms with E-state index in [4.69, 9.17) is 10.5 Å². The van der Waals surface area contributed by atoms with Crippen molar-refractivity contribution < 1.29 is 9.53 Å². The van der Waals surface area contributed by atoms with Crippen molar-refractivity contribution in [2.24, 2.45) is 0 Å². The third-order valence-corrected chi connectivity index (χ3v) is 2.04. The Kier molecular flexibility index (Phi) is 3.97. The van der Waals surface area contributed by atoms with Crippen molar-refractivity contribution in [3.63, 3.8) is 0 Å². The maximum absolute atomic E-state index is 11.7. The summed E-state index contributed by atoms with van der Waals surface area (Å²) in [5.74, 6) is 0.315. The Balaban J connectivity index is 2.95. The van der Waals surface area contributed by atoms with Crippen LogP contribution in [0.1, 0.15) is 23.7 Å². The first-order valence-electron chi connectivity index (χ1n) is 4.91. The molecule has 0 radical (unpaired) electrons. The second-order valence-corrected chi connectivity index (χ2v) is 3.18. The lowest BCUT2D eigenvalue weighted by Gasteiger charge is -2.10. The molecule has 1 aromatic rings. The summed E-state index contributed by atoms with van der Waals surface area (Å²) >= 11 is 0. The topological polar surface area (TPSA) is 64.4 Å². The van der Waals surface area contributed by atoms with Crippen LogP contribution in [-0.2, 0) is 0 Å². The number of anilines is 1. The molecule has 1 aromatic carbocycles. The molecular formula is C11H16N2O2. The summed E-state index contributed by atoms with van der Waals surface area (Å²) in [4.78, 5) is 11.7. The standard InChI is InChI=1S/C11H16N2O2/c1-3-7-13-11(14)10-8(12)5-4-6-9(10)15-2/h4-6H,3,7,12H2,1-2H3,(H,13,14). The fourth-order valence-electron chi connectivity index (χ4n) is 1.29. The van der Waals surface area contributed by atoms with E-state index in [1.165, 1.54) is 7.11 Å². The summed E-state index contributed by atoms with van der Waals surface area (Å²) in [5, 5.41) is 2.77. The van der Waals surface area contributed by atoms with E-state index in [2.05, 4.69) is 5.32 Å². The second-order valence-electron chi connectivity index (χ2n) is 3.18. The first-order valence-corrected chi connectivity index (χ1v) is 4.91. The fourth-order valence-corrected chi connectivity index (χ4v) is 1.29. The number of rotatable bonds is 4. The van der Waals surface area contributed by atoms with Crippen LogP contribution in [0.5, 0.6) is 5.75 Å². The third-order valence-electron chi connectivity index (χ3n) is 2.04. The van der Waals surface area contributed by atoms with Crippen LogP contribution in [-0.4, -0.2) is 19.6 Å². The highest BCUT2D eigenvalue weighted by atomic mass is 16.5. The molecule has 3 N–H and O–H groups in total. The molecule has 0 aliphatic heterocycles. The maximum atomic E-state index is 11.7. The quantitative estimate of drug-likeness (QED) is 0.735. The molecule has 15 heavy (non-hydrogen) atoms. The van der Waals surface area contributed by atoms with Crippen molar-refractivity contribution in [3.8, 4) is 5.75 Å². The van der Waals surface area contributed by atoms with E-state index in [1.807, 2.05) is 6.92 Å². The average molecular weight is 208 g/mol. The summed E-state index contributed by atoms with van der Waals surface area (Å²) in [6.45, 7) is 2.63. The van der Waals surface area contributed by atoms with Gasteiger partial charge in [-0.2, -0.15) is 0 Å². The molecule has 1 rings (SSSR count). The molecule has 1 amide bonds. The van der Waals surface area contributed by atoms with Crippen molar-refractivity contribution in [1.82, 2.24) is 5.32 Å². The number of nitrogens with two attached hydrogens (primary N) is 1. The van der Waals surface area contributed by atoms with Crippen LogP contribution >= 0.6 is 0 Å². The third kappa shape index (κ3) is 2.62. The minimum absolute atomic E-state index is 0.188. The van der Waals surface area contributed by atoms with E-state index in [1.54, 1.807) is 18.2 Å². The Morgan fingerprint density at radius 3 is 2.87 bits per heavy atom. The number of nitrogen functional groups attached to an aromatic ring is 1. The monoisotopic (exact) mass is 208 g/mol. The number of ether oxygens (including phenoxy) is 1. The zero-order valence-electron chi connectivity index (χ0n) is 9.04. The van der Waals surface area contributed by atoms with E-state index >= 15 is 0 Å². The highest BCUT2D eigenvalue weighted by Gasteiger charge is 2.14. The first-order chi connectivity index (χ1) is 7.20. The van der Waals surface area contributed by atoms with Crippen LogP contribution in [0.15, 0.2) is 18.2 Å². The molecule has 0 fully saturated rings. The van der Waals surface area contributed by atoms with Gasteiger partial charge >= 0.3 is 0 Å². The van der Waals surface area contributed by atoms with E-state index < -0.39 is 0 Å². The minimum atomic E-state index is -0.188. The van der Waals surface area contributed by atoms with Crippen LogP contribution in [0.3, 0.4) is 0 Å². The molecule has 0 saturated heterocycles. The molecule has 0 aliphatic carbocycles. The minimum Gasteiger partial charge on any atom is -0.496 e. The number of carbonyl (C=O) groups is 1. The molecule has 0 atom stereocenters. The molecular weight excluding hydrogens is 192 g/mol. The van der Waals surface area contributed by atoms with Gasteiger partial charge in [0.15, 0.2) is 0 Å². The van der Waals surface area contributed by atoms with Crippen molar-refractivity contribution >= 4 is 11.6 Å². The fraction of sp³-hybridized carbons (Fsp3) is 0.364. The SMILES string of the molecule is CCCNC(=O)c1c(N)cccc1OC. The van der Waals surface area contributed by atoms with Crippen molar-refractivity contribution in [2.45, 2.75) is 13.3 Å². The van der Waals surface area contributed by atoms with E-state index in [0.29, 0.717) is 23.5 Å². The lowest BCUT2D eigenvalue weighted by molar-refractivity contribution is 0.0951. The smallest absolute Gasteiger partial charge is 0.257 e. The van der Waals surface area contributed by atoms with Crippen LogP contribution < -0.4 is 15.8 Å². The largest absolute Gasteiger partial charge is 0.496 e. The first kappa shape index (κ1) is 11.4. The lowest BCUT2D eigenvalue weighted by atomic mass is 10.1. The normalized spacial score (nSPS) is 9.73. The van der Waals surface area contributed by atoms with Gasteiger partial charge in [-0.25, -0.2) is 0 Å². The van der Waals surface area contributed by atoms with Gasteiger partial charge in [0.2, 0.25) is 0 Å². The highest BCUT2D eigenvalue weighted by molar-refractivity contribution is 6.01. The number of hydrogen-bond donors (Lipinski definition) is 2. The van der Waals surface area contributed by atoms with Gasteiger partial charge in [0.25, 0.3) is 5.91 Å². The Labute approximate surface area is 89.4 Å². The number of nitrogens with one attached hydrogen (secondary N) is 1. The molecule has 4 nitrogen and oxygen atoms in total. The summed E-state index contributed by atoms with van der Waals surface area (Å²) in [6, 6.07) is 5.16. The molecule has 0 heterocycles. The summed E-state index contributed by atoms with van der Waals surface area (Å²) in [5.41, 5.74) is 6.57. The van der Waals surface area contributed by atoms with Gasteiger partial charge < -0.3 is 15.8 Å². The van der Waals surface area contributed by atoms with E-state index in [9.17, 15) is 4.79 Å². The summed E-state index contributed by atoms with van der Waals surface area (Å²) in [7, 11) is 1.52. The molecule has 0 aromatic heterocycles. The molecule has 4 heteroatoms. The van der Waals surface area contributed by atoms with Gasteiger partial charge in [0.1, 0.15) is 11.3 Å². The van der Waals surface area contributed by atoms with Crippen LogP contribution in [0, 0.1) is 0 Å². The maximum Gasteiger partial charge on any atom is 0.257 e. The Bertz CT molecular complexity index is 350. The number of hydrogen-bond acceptors (Lipinski definition) is 3. The van der Waals surface area contributed by atoms with Gasteiger partial charge in [0, 0.05) is 12.2 Å². The molecule has 82 valence electrons. The predicted molar refractivity (Wildman–Crippen MR) is 60.0 cm³/mol. The zero-order chi connectivity index (χ0) is 11.3. The molecule has 0 aliphatic rings. The summed E-state index contributed by atoms with van der Waals surface area (Å²) < 4.78 is 5.09. The van der Waals surface area contributed by atoms with Gasteiger partial charge in [-0.15, -0.1) is 0 Å². The molecule has 0 saturated carbocycles. The summed E-state index contributed by atoms with van der Waals surface area (Å²) in [6.07, 6.45) is 0.890. The second kappa shape index (κ2) is 5.24. The Morgan fingerprint density at radius 2 is 2.27 bits per heavy atom. The lowest BCUT2D eigenvalue weighted by Crippen LogP contribution is -2.25. The molecule has 0 spiro atoms. The van der Waals surface area contributed by atoms with Gasteiger partial charge in [-0.1, -0.05) is 13.0 Å². The Morgan fingerprint density at radius 1 is 1.53 bits per heavy atom. The van der Waals surface area contributed by atoms with Gasteiger partial charge in [0.05, 0.1) is 7.11 Å².